The molecule has 1 aliphatic rings. The van der Waals surface area contributed by atoms with Crippen LogP contribution in [0.3, 0.4) is 0 Å². The van der Waals surface area contributed by atoms with Crippen molar-refractivity contribution in [1.82, 2.24) is 9.47 Å². The van der Waals surface area contributed by atoms with E-state index in [9.17, 15) is 4.79 Å². The average Bonchev–Trinajstić information content (AvgIpc) is 3.59. The van der Waals surface area contributed by atoms with E-state index in [1.54, 1.807) is 0 Å². The van der Waals surface area contributed by atoms with Gasteiger partial charge in [-0.15, -0.1) is 0 Å². The van der Waals surface area contributed by atoms with Crippen molar-refractivity contribution in [3.05, 3.63) is 132 Å². The first-order valence-corrected chi connectivity index (χ1v) is 14.4. The Bertz CT molecular complexity index is 1610. The Morgan fingerprint density at radius 2 is 1.44 bits per heavy atom. The van der Waals surface area contributed by atoms with Crippen LogP contribution in [0.25, 0.3) is 10.9 Å². The number of benzene rings is 4. The lowest BCUT2D eigenvalue weighted by Crippen LogP contribution is -2.29. The summed E-state index contributed by atoms with van der Waals surface area (Å²) in [7, 11) is 0. The van der Waals surface area contributed by atoms with Crippen LogP contribution < -0.4 is 9.47 Å². The van der Waals surface area contributed by atoms with Crippen molar-refractivity contribution < 1.29 is 14.3 Å². The van der Waals surface area contributed by atoms with Crippen molar-refractivity contribution in [2.45, 2.75) is 39.5 Å². The SMILES string of the molecule is CC1CCN(C(=O)Cc2cn(Cc3cccc(OCc4ccccc4)c3)c3ccc(OCc4ccccc4)cc23)C1. The van der Waals surface area contributed by atoms with Crippen LogP contribution in [0.2, 0.25) is 0 Å². The first kappa shape index (κ1) is 26.7. The van der Waals surface area contributed by atoms with E-state index in [2.05, 4.69) is 66.2 Å². The highest BCUT2D eigenvalue weighted by atomic mass is 16.5. The Kier molecular flexibility index (Phi) is 8.04. The fourth-order valence-electron chi connectivity index (χ4n) is 5.56. The summed E-state index contributed by atoms with van der Waals surface area (Å²) in [4.78, 5) is 15.3. The van der Waals surface area contributed by atoms with E-state index in [0.29, 0.717) is 32.1 Å². The van der Waals surface area contributed by atoms with Gasteiger partial charge in [0.05, 0.1) is 6.42 Å². The molecule has 0 aliphatic carbocycles. The molecule has 0 N–H and O–H groups in total. The molecule has 0 radical (unpaired) electrons. The Hall–Kier alpha value is -4.51. The molecular formula is C36H36N2O3. The summed E-state index contributed by atoms with van der Waals surface area (Å²) in [5, 5.41) is 1.06. The van der Waals surface area contributed by atoms with E-state index in [0.717, 1.165) is 64.2 Å². The molecule has 1 unspecified atom stereocenters. The lowest BCUT2D eigenvalue weighted by molar-refractivity contribution is -0.129. The molecule has 1 saturated heterocycles. The molecule has 2 heterocycles. The minimum absolute atomic E-state index is 0.195. The molecule has 1 aliphatic heterocycles. The topological polar surface area (TPSA) is 43.7 Å². The highest BCUT2D eigenvalue weighted by Crippen LogP contribution is 2.29. The number of rotatable bonds is 10. The molecule has 5 aromatic rings. The van der Waals surface area contributed by atoms with Crippen molar-refractivity contribution in [3.8, 4) is 11.5 Å². The zero-order valence-electron chi connectivity index (χ0n) is 23.5. The number of hydrogen-bond acceptors (Lipinski definition) is 3. The average molecular weight is 545 g/mol. The molecule has 4 aromatic carbocycles. The van der Waals surface area contributed by atoms with Crippen LogP contribution in [0.1, 0.15) is 35.6 Å². The van der Waals surface area contributed by atoms with Crippen LogP contribution in [0.4, 0.5) is 0 Å². The van der Waals surface area contributed by atoms with E-state index in [-0.39, 0.29) is 5.91 Å². The zero-order valence-corrected chi connectivity index (χ0v) is 23.5. The Morgan fingerprint density at radius 1 is 0.780 bits per heavy atom. The normalized spacial score (nSPS) is 14.9. The second kappa shape index (κ2) is 12.3. The molecule has 1 fully saturated rings. The third-order valence-electron chi connectivity index (χ3n) is 7.80. The summed E-state index contributed by atoms with van der Waals surface area (Å²) in [6.45, 7) is 5.62. The largest absolute Gasteiger partial charge is 0.489 e. The summed E-state index contributed by atoms with van der Waals surface area (Å²) in [5.74, 6) is 2.41. The number of likely N-dealkylation sites (tertiary alicyclic amines) is 1. The van der Waals surface area contributed by atoms with Gasteiger partial charge in [-0.3, -0.25) is 4.79 Å². The van der Waals surface area contributed by atoms with E-state index in [4.69, 9.17) is 9.47 Å². The Labute approximate surface area is 241 Å². The van der Waals surface area contributed by atoms with Crippen LogP contribution >= 0.6 is 0 Å². The molecule has 0 spiro atoms. The summed E-state index contributed by atoms with van der Waals surface area (Å²) in [6, 6.07) is 34.8. The fourth-order valence-corrected chi connectivity index (χ4v) is 5.56. The van der Waals surface area contributed by atoms with Gasteiger partial charge in [-0.25, -0.2) is 0 Å². The molecule has 208 valence electrons. The zero-order chi connectivity index (χ0) is 28.0. The molecule has 5 nitrogen and oxygen atoms in total. The molecule has 41 heavy (non-hydrogen) atoms. The minimum Gasteiger partial charge on any atom is -0.489 e. The number of amides is 1. The van der Waals surface area contributed by atoms with Gasteiger partial charge in [0.15, 0.2) is 0 Å². The standard InChI is InChI=1S/C36H36N2O3/c1-27-17-18-37(22-27)36(39)20-31-24-38(23-30-13-8-14-32(19-30)40-25-28-9-4-2-5-10-28)35-16-15-33(21-34(31)35)41-26-29-11-6-3-7-12-29/h2-16,19,21,24,27H,17-18,20,22-23,25-26H2,1H3. The molecule has 0 bridgehead atoms. The summed E-state index contributed by atoms with van der Waals surface area (Å²) in [6.07, 6.45) is 3.60. The van der Waals surface area contributed by atoms with Crippen molar-refractivity contribution in [1.29, 1.82) is 0 Å². The Balaban J connectivity index is 1.24. The van der Waals surface area contributed by atoms with Gasteiger partial charge in [-0.2, -0.15) is 0 Å². The van der Waals surface area contributed by atoms with Crippen molar-refractivity contribution in [3.63, 3.8) is 0 Å². The van der Waals surface area contributed by atoms with E-state index >= 15 is 0 Å². The van der Waals surface area contributed by atoms with Gasteiger partial charge < -0.3 is 18.9 Å². The number of nitrogens with zero attached hydrogens (tertiary/aromatic N) is 2. The van der Waals surface area contributed by atoms with E-state index in [1.165, 1.54) is 0 Å². The van der Waals surface area contributed by atoms with Crippen molar-refractivity contribution in [2.75, 3.05) is 13.1 Å². The maximum Gasteiger partial charge on any atom is 0.227 e. The summed E-state index contributed by atoms with van der Waals surface area (Å²) >= 11 is 0. The van der Waals surface area contributed by atoms with Crippen LogP contribution in [-0.2, 0) is 31.0 Å². The molecule has 5 heteroatoms. The van der Waals surface area contributed by atoms with Crippen molar-refractivity contribution in [2.24, 2.45) is 5.92 Å². The number of hydrogen-bond donors (Lipinski definition) is 0. The van der Waals surface area contributed by atoms with Gasteiger partial charge in [0.1, 0.15) is 24.7 Å². The van der Waals surface area contributed by atoms with Gasteiger partial charge >= 0.3 is 0 Å². The first-order chi connectivity index (χ1) is 20.1. The molecule has 6 rings (SSSR count). The van der Waals surface area contributed by atoms with Crippen molar-refractivity contribution >= 4 is 16.8 Å². The van der Waals surface area contributed by atoms with E-state index < -0.39 is 0 Å². The first-order valence-electron chi connectivity index (χ1n) is 14.4. The number of ether oxygens (including phenoxy) is 2. The fraction of sp³-hybridized carbons (Fsp3) is 0.250. The van der Waals surface area contributed by atoms with Gasteiger partial charge in [0.25, 0.3) is 0 Å². The third kappa shape index (κ3) is 6.63. The number of fused-ring (bicyclic) bond motifs is 1. The summed E-state index contributed by atoms with van der Waals surface area (Å²) < 4.78 is 14.5. The van der Waals surface area contributed by atoms with Crippen LogP contribution in [-0.4, -0.2) is 28.5 Å². The van der Waals surface area contributed by atoms with Crippen LogP contribution in [0, 0.1) is 5.92 Å². The smallest absolute Gasteiger partial charge is 0.227 e. The molecule has 0 saturated carbocycles. The number of carbonyl (C=O) groups excluding carboxylic acids is 1. The monoisotopic (exact) mass is 544 g/mol. The van der Waals surface area contributed by atoms with Gasteiger partial charge in [-0.1, -0.05) is 79.7 Å². The third-order valence-corrected chi connectivity index (χ3v) is 7.80. The van der Waals surface area contributed by atoms with Crippen LogP contribution in [0.5, 0.6) is 11.5 Å². The van der Waals surface area contributed by atoms with E-state index in [1.807, 2.05) is 59.5 Å². The lowest BCUT2D eigenvalue weighted by atomic mass is 10.1. The molecule has 1 amide bonds. The minimum atomic E-state index is 0.195. The second-order valence-electron chi connectivity index (χ2n) is 11.1. The maximum absolute atomic E-state index is 13.3. The number of aromatic nitrogens is 1. The predicted octanol–water partition coefficient (Wildman–Crippen LogP) is 7.26. The highest BCUT2D eigenvalue weighted by Gasteiger charge is 2.24. The quantitative estimate of drug-likeness (QED) is 0.186. The van der Waals surface area contributed by atoms with Gasteiger partial charge in [0.2, 0.25) is 5.91 Å². The number of carbonyl (C=O) groups is 1. The summed E-state index contributed by atoms with van der Waals surface area (Å²) in [5.41, 5.74) is 5.53. The molecular weight excluding hydrogens is 508 g/mol. The maximum atomic E-state index is 13.3. The van der Waals surface area contributed by atoms with Crippen LogP contribution in [0.15, 0.2) is 109 Å². The molecule has 1 atom stereocenters. The second-order valence-corrected chi connectivity index (χ2v) is 11.1. The highest BCUT2D eigenvalue weighted by molar-refractivity contribution is 5.90. The van der Waals surface area contributed by atoms with Gasteiger partial charge in [0, 0.05) is 36.7 Å². The Morgan fingerprint density at radius 3 is 2.10 bits per heavy atom. The van der Waals surface area contributed by atoms with Gasteiger partial charge in [-0.05, 0) is 64.9 Å². The lowest BCUT2D eigenvalue weighted by Gasteiger charge is -2.15. The predicted molar refractivity (Wildman–Crippen MR) is 163 cm³/mol. The molecule has 1 aromatic heterocycles.